The zero-order chi connectivity index (χ0) is 25.1. The minimum atomic E-state index is -0.177. The highest BCUT2D eigenvalue weighted by molar-refractivity contribution is 8.00. The molecule has 4 aromatic rings. The molecule has 2 bridgehead atoms. The number of aromatic nitrogens is 1. The minimum Gasteiger partial charge on any atom is -0.496 e. The number of hydrogen-bond donors (Lipinski definition) is 1. The van der Waals surface area contributed by atoms with Crippen LogP contribution in [0.1, 0.15) is 35.6 Å². The SMILES string of the molecule is COc1ccccc1[C@H]1c2sc(=O)n(CC(=O)Nc3cccc4ccccc34)c2SC2C3CCC(C3)C21. The quantitative estimate of drug-likeness (QED) is 0.327. The number of benzene rings is 3. The summed E-state index contributed by atoms with van der Waals surface area (Å²) in [5.41, 5.74) is 1.94. The molecule has 3 aliphatic rings. The number of thiazole rings is 1. The van der Waals surface area contributed by atoms with Crippen LogP contribution in [-0.2, 0) is 11.3 Å². The Labute approximate surface area is 223 Å². The first kappa shape index (κ1) is 23.1. The van der Waals surface area contributed by atoms with E-state index in [1.807, 2.05) is 66.4 Å². The van der Waals surface area contributed by atoms with E-state index in [1.54, 1.807) is 11.7 Å². The second kappa shape index (κ2) is 9.07. The van der Waals surface area contributed by atoms with Crippen LogP contribution < -0.4 is 14.9 Å². The smallest absolute Gasteiger partial charge is 0.308 e. The fourth-order valence-corrected chi connectivity index (χ4v) is 10.2. The Bertz CT molecular complexity index is 1570. The van der Waals surface area contributed by atoms with E-state index < -0.39 is 0 Å². The predicted octanol–water partition coefficient (Wildman–Crippen LogP) is 6.36. The third-order valence-corrected chi connectivity index (χ3v) is 11.4. The first-order valence-electron chi connectivity index (χ1n) is 12.9. The Morgan fingerprint density at radius 1 is 1.03 bits per heavy atom. The molecule has 7 heteroatoms. The Balaban J connectivity index is 1.26. The standard InChI is InChI=1S/C30H28N2O3S2/c1-35-23-12-5-4-10-21(23)26-25-18-13-14-19(15-18)27(25)36-29-28(26)37-30(34)32(29)16-24(33)31-22-11-6-8-17-7-2-3-9-20(17)22/h2-12,18-19,25-27H,13-16H2,1H3,(H,31,33)/t18?,19?,25?,26-,27?/m1/s1. The van der Waals surface area contributed by atoms with E-state index in [0.29, 0.717) is 23.0 Å². The minimum absolute atomic E-state index is 0.0189. The lowest BCUT2D eigenvalue weighted by Gasteiger charge is -2.40. The molecule has 4 unspecified atom stereocenters. The van der Waals surface area contributed by atoms with Crippen LogP contribution in [0, 0.1) is 17.8 Å². The van der Waals surface area contributed by atoms with Gasteiger partial charge in [0.15, 0.2) is 0 Å². The van der Waals surface area contributed by atoms with Crippen molar-refractivity contribution in [1.82, 2.24) is 4.57 Å². The molecule has 1 N–H and O–H groups in total. The number of thioether (sulfide) groups is 1. The second-order valence-corrected chi connectivity index (χ2v) is 12.6. The normalized spacial score (nSPS) is 25.6. The van der Waals surface area contributed by atoms with Gasteiger partial charge in [-0.15, -0.1) is 11.8 Å². The van der Waals surface area contributed by atoms with Gasteiger partial charge in [-0.3, -0.25) is 14.2 Å². The van der Waals surface area contributed by atoms with Crippen LogP contribution in [0.4, 0.5) is 5.69 Å². The van der Waals surface area contributed by atoms with Gasteiger partial charge in [-0.1, -0.05) is 65.9 Å². The highest BCUT2D eigenvalue weighted by Gasteiger charge is 2.55. The van der Waals surface area contributed by atoms with Gasteiger partial charge in [0.2, 0.25) is 5.91 Å². The van der Waals surface area contributed by atoms with Crippen LogP contribution in [0.5, 0.6) is 5.75 Å². The molecule has 0 saturated heterocycles. The number of carbonyl (C=O) groups excluding carboxylic acids is 1. The fourth-order valence-electron chi connectivity index (χ4n) is 7.03. The van der Waals surface area contributed by atoms with E-state index in [9.17, 15) is 9.59 Å². The number of nitrogens with zero attached hydrogens (tertiary/aromatic N) is 1. The number of anilines is 1. The summed E-state index contributed by atoms with van der Waals surface area (Å²) < 4.78 is 7.51. The monoisotopic (exact) mass is 528 g/mol. The van der Waals surface area contributed by atoms with Gasteiger partial charge in [0.25, 0.3) is 0 Å². The first-order chi connectivity index (χ1) is 18.1. The second-order valence-electron chi connectivity index (χ2n) is 10.4. The maximum Gasteiger partial charge on any atom is 0.308 e. The summed E-state index contributed by atoms with van der Waals surface area (Å²) in [5, 5.41) is 6.59. The summed E-state index contributed by atoms with van der Waals surface area (Å²) >= 11 is 3.17. The summed E-state index contributed by atoms with van der Waals surface area (Å²) in [6.45, 7) is 0.0189. The molecule has 3 aromatic carbocycles. The van der Waals surface area contributed by atoms with Gasteiger partial charge >= 0.3 is 4.87 Å². The van der Waals surface area contributed by atoms with Gasteiger partial charge in [-0.2, -0.15) is 0 Å². The van der Waals surface area contributed by atoms with Crippen molar-refractivity contribution >= 4 is 45.5 Å². The largest absolute Gasteiger partial charge is 0.496 e. The van der Waals surface area contributed by atoms with Crippen molar-refractivity contribution in [1.29, 1.82) is 0 Å². The Hall–Kier alpha value is -3.03. The number of para-hydroxylation sites is 1. The van der Waals surface area contributed by atoms with Crippen LogP contribution >= 0.6 is 23.1 Å². The van der Waals surface area contributed by atoms with Crippen molar-refractivity contribution in [2.45, 2.75) is 42.0 Å². The average molecular weight is 529 g/mol. The molecule has 7 rings (SSSR count). The maximum absolute atomic E-state index is 13.4. The summed E-state index contributed by atoms with van der Waals surface area (Å²) in [5.74, 6) is 2.71. The Morgan fingerprint density at radius 3 is 2.70 bits per heavy atom. The first-order valence-corrected chi connectivity index (χ1v) is 14.6. The number of carbonyl (C=O) groups is 1. The van der Waals surface area contributed by atoms with Crippen molar-refractivity contribution in [3.8, 4) is 5.75 Å². The fraction of sp³-hybridized carbons (Fsp3) is 0.333. The number of nitrogens with one attached hydrogen (secondary N) is 1. The third kappa shape index (κ3) is 3.74. The Kier molecular flexibility index (Phi) is 5.66. The molecule has 2 aliphatic carbocycles. The lowest BCUT2D eigenvalue weighted by atomic mass is 9.74. The molecule has 1 aromatic heterocycles. The predicted molar refractivity (Wildman–Crippen MR) is 150 cm³/mol. The summed E-state index contributed by atoms with van der Waals surface area (Å²) in [7, 11) is 1.72. The zero-order valence-electron chi connectivity index (χ0n) is 20.6. The third-order valence-electron chi connectivity index (χ3n) is 8.53. The topological polar surface area (TPSA) is 60.3 Å². The van der Waals surface area contributed by atoms with Crippen LogP contribution in [0.2, 0.25) is 0 Å². The van der Waals surface area contributed by atoms with Gasteiger partial charge in [-0.05, 0) is 54.5 Å². The van der Waals surface area contributed by atoms with Crippen molar-refractivity contribution in [2.75, 3.05) is 12.4 Å². The summed E-state index contributed by atoms with van der Waals surface area (Å²) in [6.07, 6.45) is 3.81. The van der Waals surface area contributed by atoms with Crippen LogP contribution in [-0.4, -0.2) is 22.8 Å². The lowest BCUT2D eigenvalue weighted by Crippen LogP contribution is -2.35. The van der Waals surface area contributed by atoms with Gasteiger partial charge in [0, 0.05) is 32.7 Å². The number of hydrogen-bond acceptors (Lipinski definition) is 5. The van der Waals surface area contributed by atoms with Gasteiger partial charge in [-0.25, -0.2) is 0 Å². The molecule has 2 heterocycles. The van der Waals surface area contributed by atoms with E-state index >= 15 is 0 Å². The molecule has 37 heavy (non-hydrogen) atoms. The molecule has 2 fully saturated rings. The number of ether oxygens (including phenoxy) is 1. The number of rotatable bonds is 5. The molecular weight excluding hydrogens is 500 g/mol. The molecule has 2 saturated carbocycles. The van der Waals surface area contributed by atoms with Crippen molar-refractivity contribution < 1.29 is 9.53 Å². The highest BCUT2D eigenvalue weighted by Crippen LogP contribution is 2.64. The van der Waals surface area contributed by atoms with Gasteiger partial charge < -0.3 is 10.1 Å². The van der Waals surface area contributed by atoms with Gasteiger partial charge in [0.05, 0.1) is 12.1 Å². The molecule has 1 aliphatic heterocycles. The van der Waals surface area contributed by atoms with Crippen molar-refractivity contribution in [3.63, 3.8) is 0 Å². The van der Waals surface area contributed by atoms with Crippen LogP contribution in [0.3, 0.4) is 0 Å². The van der Waals surface area contributed by atoms with Crippen LogP contribution in [0.15, 0.2) is 76.6 Å². The zero-order valence-corrected chi connectivity index (χ0v) is 22.2. The molecule has 1 amide bonds. The lowest BCUT2D eigenvalue weighted by molar-refractivity contribution is -0.116. The van der Waals surface area contributed by atoms with E-state index in [1.165, 1.54) is 36.2 Å². The van der Waals surface area contributed by atoms with E-state index in [2.05, 4.69) is 17.4 Å². The van der Waals surface area contributed by atoms with Gasteiger partial charge in [0.1, 0.15) is 12.3 Å². The maximum atomic E-state index is 13.4. The van der Waals surface area contributed by atoms with E-state index in [0.717, 1.165) is 32.1 Å². The Morgan fingerprint density at radius 2 is 1.81 bits per heavy atom. The average Bonchev–Trinajstić information content (AvgIpc) is 3.62. The van der Waals surface area contributed by atoms with E-state index in [4.69, 9.17) is 4.74 Å². The van der Waals surface area contributed by atoms with Crippen LogP contribution in [0.25, 0.3) is 10.8 Å². The molecular formula is C30H28N2O3S2. The number of fused-ring (bicyclic) bond motifs is 7. The summed E-state index contributed by atoms with van der Waals surface area (Å²) in [4.78, 5) is 27.7. The molecule has 188 valence electrons. The van der Waals surface area contributed by atoms with Crippen molar-refractivity contribution in [2.24, 2.45) is 17.8 Å². The number of amides is 1. The molecule has 0 radical (unpaired) electrons. The highest BCUT2D eigenvalue weighted by atomic mass is 32.2. The summed E-state index contributed by atoms with van der Waals surface area (Å²) in [6, 6.07) is 22.1. The molecule has 0 spiro atoms. The van der Waals surface area contributed by atoms with Crippen molar-refractivity contribution in [3.05, 3.63) is 86.8 Å². The number of methoxy groups -OCH3 is 1. The molecule has 5 atom stereocenters. The molecule has 5 nitrogen and oxygen atoms in total. The van der Waals surface area contributed by atoms with E-state index in [-0.39, 0.29) is 23.2 Å².